The van der Waals surface area contributed by atoms with Crippen molar-refractivity contribution in [1.29, 1.82) is 0 Å². The molecule has 2 bridgehead atoms. The van der Waals surface area contributed by atoms with Gasteiger partial charge in [-0.15, -0.1) is 0 Å². The number of carbonyl (C=O) groups is 1. The molecule has 2 N–H and O–H groups in total. The van der Waals surface area contributed by atoms with Gasteiger partial charge in [0, 0.05) is 29.5 Å². The predicted octanol–water partition coefficient (Wildman–Crippen LogP) is 1.89. The summed E-state index contributed by atoms with van der Waals surface area (Å²) in [6.07, 6.45) is 4.07. The van der Waals surface area contributed by atoms with Crippen LogP contribution in [0.5, 0.6) is 0 Å². The van der Waals surface area contributed by atoms with Crippen LogP contribution in [0.15, 0.2) is 18.2 Å². The smallest absolute Gasteiger partial charge is 0.246 e. The van der Waals surface area contributed by atoms with Gasteiger partial charge in [0.15, 0.2) is 0 Å². The van der Waals surface area contributed by atoms with Crippen LogP contribution < -0.4 is 15.5 Å². The molecule has 100 valence electrons. The van der Waals surface area contributed by atoms with E-state index in [4.69, 9.17) is 0 Å². The second-order valence-electron chi connectivity index (χ2n) is 5.97. The summed E-state index contributed by atoms with van der Waals surface area (Å²) in [6, 6.07) is 6.94. The van der Waals surface area contributed by atoms with E-state index in [1.807, 2.05) is 7.05 Å². The topological polar surface area (TPSA) is 44.4 Å². The lowest BCUT2D eigenvalue weighted by atomic mass is 10.1. The second kappa shape index (κ2) is 3.97. The van der Waals surface area contributed by atoms with Gasteiger partial charge in [-0.2, -0.15) is 0 Å². The zero-order chi connectivity index (χ0) is 13.0. The number of rotatable bonds is 2. The molecule has 4 heteroatoms. The Kier molecular flexibility index (Phi) is 2.36. The highest BCUT2D eigenvalue weighted by atomic mass is 16.2. The van der Waals surface area contributed by atoms with E-state index < -0.39 is 0 Å². The number of piperidine rings is 1. The van der Waals surface area contributed by atoms with Crippen molar-refractivity contribution in [3.05, 3.63) is 23.8 Å². The van der Waals surface area contributed by atoms with Gasteiger partial charge in [-0.25, -0.2) is 0 Å². The van der Waals surface area contributed by atoms with Gasteiger partial charge in [0.25, 0.3) is 0 Å². The molecule has 4 nitrogen and oxygen atoms in total. The third-order valence-corrected chi connectivity index (χ3v) is 4.90. The molecule has 2 aliphatic heterocycles. The monoisotopic (exact) mass is 257 g/mol. The van der Waals surface area contributed by atoms with E-state index in [9.17, 15) is 4.79 Å². The Morgan fingerprint density at radius 2 is 2.26 bits per heavy atom. The lowest BCUT2D eigenvalue weighted by molar-refractivity contribution is -0.117. The van der Waals surface area contributed by atoms with Crippen LogP contribution >= 0.6 is 0 Å². The van der Waals surface area contributed by atoms with Crippen molar-refractivity contribution in [3.8, 4) is 0 Å². The van der Waals surface area contributed by atoms with E-state index in [-0.39, 0.29) is 11.9 Å². The summed E-state index contributed by atoms with van der Waals surface area (Å²) in [7, 11) is 1.83. The number of amides is 1. The lowest BCUT2D eigenvalue weighted by Crippen LogP contribution is -2.31. The molecule has 3 atom stereocenters. The summed E-state index contributed by atoms with van der Waals surface area (Å²) in [5.41, 5.74) is 3.31. The summed E-state index contributed by atoms with van der Waals surface area (Å²) < 4.78 is 0. The van der Waals surface area contributed by atoms with Gasteiger partial charge in [-0.1, -0.05) is 6.07 Å². The van der Waals surface area contributed by atoms with Gasteiger partial charge >= 0.3 is 0 Å². The molecule has 0 radical (unpaired) electrons. The van der Waals surface area contributed by atoms with E-state index >= 15 is 0 Å². The Morgan fingerprint density at radius 3 is 2.95 bits per heavy atom. The zero-order valence-corrected chi connectivity index (χ0v) is 11.1. The van der Waals surface area contributed by atoms with E-state index in [2.05, 4.69) is 33.7 Å². The molecule has 0 spiro atoms. The number of carbonyl (C=O) groups excluding carboxylic acids is 1. The molecular weight excluding hydrogens is 238 g/mol. The standard InChI is InChI=1S/C15H19N3O/c1-16-14-12-5-4-11(7-13(12)17-15(14)19)18-8-9-2-3-10(18)6-9/h4-5,7,9-10,14,16H,2-3,6,8H2,1H3,(H,17,19). The Morgan fingerprint density at radius 1 is 1.37 bits per heavy atom. The minimum Gasteiger partial charge on any atom is -0.368 e. The van der Waals surface area contributed by atoms with Crippen LogP contribution in [0.25, 0.3) is 0 Å². The van der Waals surface area contributed by atoms with Crippen molar-refractivity contribution in [3.63, 3.8) is 0 Å². The summed E-state index contributed by atoms with van der Waals surface area (Å²) >= 11 is 0. The first-order chi connectivity index (χ1) is 9.26. The average Bonchev–Trinajstić information content (AvgIpc) is 3.09. The Hall–Kier alpha value is -1.55. The van der Waals surface area contributed by atoms with E-state index in [1.54, 1.807) is 0 Å². The molecule has 1 aromatic carbocycles. The van der Waals surface area contributed by atoms with E-state index in [0.29, 0.717) is 0 Å². The van der Waals surface area contributed by atoms with Crippen LogP contribution in [0.3, 0.4) is 0 Å². The van der Waals surface area contributed by atoms with Crippen molar-refractivity contribution < 1.29 is 4.79 Å². The Bertz CT molecular complexity index is 542. The molecule has 2 fully saturated rings. The first-order valence-electron chi connectivity index (χ1n) is 7.15. The number of hydrogen-bond donors (Lipinski definition) is 2. The summed E-state index contributed by atoms with van der Waals surface area (Å²) in [4.78, 5) is 14.4. The number of likely N-dealkylation sites (N-methyl/N-ethyl adjacent to an activating group) is 1. The second-order valence-corrected chi connectivity index (χ2v) is 5.97. The third-order valence-electron chi connectivity index (χ3n) is 4.90. The van der Waals surface area contributed by atoms with Crippen LogP contribution in [-0.4, -0.2) is 25.5 Å². The Balaban J connectivity index is 1.66. The average molecular weight is 257 g/mol. The molecule has 1 amide bonds. The summed E-state index contributed by atoms with van der Waals surface area (Å²) in [5.74, 6) is 0.940. The number of nitrogens with one attached hydrogen (secondary N) is 2. The maximum Gasteiger partial charge on any atom is 0.246 e. The minimum atomic E-state index is -0.195. The van der Waals surface area contributed by atoms with Crippen LogP contribution in [-0.2, 0) is 4.79 Å². The van der Waals surface area contributed by atoms with Gasteiger partial charge in [-0.3, -0.25) is 4.79 Å². The molecule has 1 saturated heterocycles. The number of anilines is 2. The highest BCUT2D eigenvalue weighted by Crippen LogP contribution is 2.42. The first kappa shape index (κ1) is 11.3. The van der Waals surface area contributed by atoms with E-state index in [0.717, 1.165) is 23.2 Å². The van der Waals surface area contributed by atoms with Crippen LogP contribution in [0, 0.1) is 5.92 Å². The number of fused-ring (bicyclic) bond motifs is 3. The van der Waals surface area contributed by atoms with Crippen molar-refractivity contribution in [2.24, 2.45) is 5.92 Å². The van der Waals surface area contributed by atoms with Crippen LogP contribution in [0.2, 0.25) is 0 Å². The number of benzene rings is 1. The van der Waals surface area contributed by atoms with Gasteiger partial charge in [-0.05, 0) is 44.4 Å². The normalized spacial score (nSPS) is 31.7. The quantitative estimate of drug-likeness (QED) is 0.850. The molecule has 0 aromatic heterocycles. The molecule has 2 heterocycles. The van der Waals surface area contributed by atoms with E-state index in [1.165, 1.54) is 31.5 Å². The SMILES string of the molecule is CNC1C(=O)Nc2cc(N3CC4CCC3C4)ccc21. The molecular formula is C15H19N3O. The Labute approximate surface area is 113 Å². The molecule has 1 aliphatic carbocycles. The molecule has 4 rings (SSSR count). The third kappa shape index (κ3) is 1.59. The largest absolute Gasteiger partial charge is 0.368 e. The van der Waals surface area contributed by atoms with Crippen molar-refractivity contribution in [2.75, 3.05) is 23.8 Å². The fraction of sp³-hybridized carbons (Fsp3) is 0.533. The fourth-order valence-corrected chi connectivity index (χ4v) is 3.96. The molecule has 3 unspecified atom stereocenters. The molecule has 3 aliphatic rings. The van der Waals surface area contributed by atoms with Crippen LogP contribution in [0.1, 0.15) is 30.9 Å². The lowest BCUT2D eigenvalue weighted by Gasteiger charge is -2.29. The molecule has 1 aromatic rings. The highest BCUT2D eigenvalue weighted by molar-refractivity contribution is 6.03. The van der Waals surface area contributed by atoms with Gasteiger partial charge in [0.05, 0.1) is 0 Å². The predicted molar refractivity (Wildman–Crippen MR) is 75.3 cm³/mol. The van der Waals surface area contributed by atoms with Gasteiger partial charge < -0.3 is 15.5 Å². The molecule has 1 saturated carbocycles. The van der Waals surface area contributed by atoms with Crippen molar-refractivity contribution >= 4 is 17.3 Å². The summed E-state index contributed by atoms with van der Waals surface area (Å²) in [5, 5.41) is 6.04. The number of hydrogen-bond acceptors (Lipinski definition) is 3. The van der Waals surface area contributed by atoms with Gasteiger partial charge in [0.1, 0.15) is 6.04 Å². The summed E-state index contributed by atoms with van der Waals surface area (Å²) in [6.45, 7) is 1.19. The van der Waals surface area contributed by atoms with Gasteiger partial charge in [0.2, 0.25) is 5.91 Å². The maximum absolute atomic E-state index is 11.8. The minimum absolute atomic E-state index is 0.0533. The molecule has 19 heavy (non-hydrogen) atoms. The fourth-order valence-electron chi connectivity index (χ4n) is 3.96. The maximum atomic E-state index is 11.8. The van der Waals surface area contributed by atoms with Crippen molar-refractivity contribution in [2.45, 2.75) is 31.3 Å². The zero-order valence-electron chi connectivity index (χ0n) is 11.1. The first-order valence-corrected chi connectivity index (χ1v) is 7.15. The number of nitrogens with zero attached hydrogens (tertiary/aromatic N) is 1. The highest BCUT2D eigenvalue weighted by Gasteiger charge is 2.38. The van der Waals surface area contributed by atoms with Crippen molar-refractivity contribution in [1.82, 2.24) is 5.32 Å². The van der Waals surface area contributed by atoms with Crippen LogP contribution in [0.4, 0.5) is 11.4 Å².